The molecular weight excluding hydrogens is 395 g/mol. The zero-order valence-electron chi connectivity index (χ0n) is 16.5. The van der Waals surface area contributed by atoms with Gasteiger partial charge in [-0.1, -0.05) is 5.16 Å². The Bertz CT molecular complexity index is 1020. The molecule has 0 aliphatic rings. The molecule has 0 bridgehead atoms. The van der Waals surface area contributed by atoms with Gasteiger partial charge in [-0.05, 0) is 48.0 Å². The van der Waals surface area contributed by atoms with Gasteiger partial charge in [0.15, 0.2) is 18.1 Å². The van der Waals surface area contributed by atoms with Gasteiger partial charge in [0.2, 0.25) is 11.6 Å². The van der Waals surface area contributed by atoms with Crippen molar-refractivity contribution in [2.75, 3.05) is 21.3 Å². The molecule has 0 saturated heterocycles. The number of esters is 1. The lowest BCUT2D eigenvalue weighted by Crippen LogP contribution is -2.01. The van der Waals surface area contributed by atoms with E-state index in [-0.39, 0.29) is 24.1 Å². The molecule has 0 amide bonds. The molecule has 1 heterocycles. The SMILES string of the molecule is COc1cc(/C=C/C(=O)OCc2nc(-c3ccc(F)cc3)no2)cc(OC)c1OC. The zero-order valence-corrected chi connectivity index (χ0v) is 16.5. The first kappa shape index (κ1) is 20.8. The summed E-state index contributed by atoms with van der Waals surface area (Å²) in [6.45, 7) is -0.202. The number of hydrogen-bond acceptors (Lipinski definition) is 8. The van der Waals surface area contributed by atoms with Crippen LogP contribution in [0.3, 0.4) is 0 Å². The molecule has 9 heteroatoms. The summed E-state index contributed by atoms with van der Waals surface area (Å²) in [6, 6.07) is 9.02. The molecule has 8 nitrogen and oxygen atoms in total. The Morgan fingerprint density at radius 2 is 1.73 bits per heavy atom. The van der Waals surface area contributed by atoms with Crippen LogP contribution in [0, 0.1) is 5.82 Å². The number of halogens is 1. The Kier molecular flexibility index (Phi) is 6.63. The predicted octanol–water partition coefficient (Wildman–Crippen LogP) is 3.66. The average molecular weight is 414 g/mol. The second-order valence-corrected chi connectivity index (χ2v) is 5.92. The van der Waals surface area contributed by atoms with Gasteiger partial charge in [-0.15, -0.1) is 0 Å². The zero-order chi connectivity index (χ0) is 21.5. The number of ether oxygens (including phenoxy) is 4. The van der Waals surface area contributed by atoms with Crippen LogP contribution in [0.5, 0.6) is 17.2 Å². The van der Waals surface area contributed by atoms with Crippen molar-refractivity contribution in [3.8, 4) is 28.6 Å². The summed E-state index contributed by atoms with van der Waals surface area (Å²) in [5, 5.41) is 3.78. The number of aromatic nitrogens is 2. The third-order valence-electron chi connectivity index (χ3n) is 4.01. The highest BCUT2D eigenvalue weighted by molar-refractivity contribution is 5.87. The van der Waals surface area contributed by atoms with Crippen LogP contribution < -0.4 is 14.2 Å². The van der Waals surface area contributed by atoms with Crippen LogP contribution in [-0.2, 0) is 16.1 Å². The number of hydrogen-bond donors (Lipinski definition) is 0. The van der Waals surface area contributed by atoms with Gasteiger partial charge < -0.3 is 23.5 Å². The van der Waals surface area contributed by atoms with E-state index >= 15 is 0 Å². The molecule has 0 atom stereocenters. The molecule has 0 fully saturated rings. The molecule has 2 aromatic carbocycles. The molecular formula is C21H19FN2O6. The first-order chi connectivity index (χ1) is 14.5. The fraction of sp³-hybridized carbons (Fsp3) is 0.190. The number of methoxy groups -OCH3 is 3. The third-order valence-corrected chi connectivity index (χ3v) is 4.01. The standard InChI is InChI=1S/C21H19FN2O6/c1-26-16-10-13(11-17(27-2)20(16)28-3)4-9-19(25)29-12-18-23-21(24-30-18)14-5-7-15(22)8-6-14/h4-11H,12H2,1-3H3/b9-4+. The van der Waals surface area contributed by atoms with Crippen molar-refractivity contribution in [3.05, 3.63) is 59.7 Å². The van der Waals surface area contributed by atoms with Crippen molar-refractivity contribution < 1.29 is 32.7 Å². The van der Waals surface area contributed by atoms with E-state index in [4.69, 9.17) is 23.5 Å². The van der Waals surface area contributed by atoms with E-state index < -0.39 is 5.97 Å². The fourth-order valence-electron chi connectivity index (χ4n) is 2.57. The van der Waals surface area contributed by atoms with E-state index in [1.54, 1.807) is 18.2 Å². The van der Waals surface area contributed by atoms with Crippen molar-refractivity contribution in [3.63, 3.8) is 0 Å². The van der Waals surface area contributed by atoms with Gasteiger partial charge in [-0.25, -0.2) is 9.18 Å². The maximum atomic E-state index is 13.0. The predicted molar refractivity (Wildman–Crippen MR) is 105 cm³/mol. The molecule has 3 aromatic rings. The Labute approximate surface area is 171 Å². The minimum absolute atomic E-state index is 0.115. The van der Waals surface area contributed by atoms with Gasteiger partial charge in [0.25, 0.3) is 5.89 Å². The molecule has 0 saturated carbocycles. The second-order valence-electron chi connectivity index (χ2n) is 5.92. The first-order valence-corrected chi connectivity index (χ1v) is 8.77. The van der Waals surface area contributed by atoms with Gasteiger partial charge in [0, 0.05) is 11.6 Å². The van der Waals surface area contributed by atoms with Crippen molar-refractivity contribution >= 4 is 12.0 Å². The van der Waals surface area contributed by atoms with Crippen LogP contribution in [0.2, 0.25) is 0 Å². The van der Waals surface area contributed by atoms with Crippen molar-refractivity contribution in [1.29, 1.82) is 0 Å². The third kappa shape index (κ3) is 4.93. The maximum absolute atomic E-state index is 13.0. The van der Waals surface area contributed by atoms with Crippen LogP contribution in [-0.4, -0.2) is 37.4 Å². The van der Waals surface area contributed by atoms with Gasteiger partial charge in [-0.3, -0.25) is 0 Å². The van der Waals surface area contributed by atoms with E-state index in [9.17, 15) is 9.18 Å². The first-order valence-electron chi connectivity index (χ1n) is 8.77. The topological polar surface area (TPSA) is 92.9 Å². The number of rotatable bonds is 8. The van der Waals surface area contributed by atoms with E-state index in [0.717, 1.165) is 0 Å². The summed E-state index contributed by atoms with van der Waals surface area (Å²) in [5.41, 5.74) is 1.23. The molecule has 30 heavy (non-hydrogen) atoms. The number of carbonyl (C=O) groups is 1. The Balaban J connectivity index is 1.62. The summed E-state index contributed by atoms with van der Waals surface area (Å²) in [5.74, 6) is 0.791. The molecule has 156 valence electrons. The lowest BCUT2D eigenvalue weighted by molar-refractivity contribution is -0.139. The lowest BCUT2D eigenvalue weighted by atomic mass is 10.1. The van der Waals surface area contributed by atoms with Crippen molar-refractivity contribution in [1.82, 2.24) is 10.1 Å². The minimum Gasteiger partial charge on any atom is -0.493 e. The van der Waals surface area contributed by atoms with E-state index in [1.807, 2.05) is 0 Å². The molecule has 0 aliphatic heterocycles. The van der Waals surface area contributed by atoms with E-state index in [2.05, 4.69) is 10.1 Å². The molecule has 0 spiro atoms. The highest BCUT2D eigenvalue weighted by Crippen LogP contribution is 2.38. The number of carbonyl (C=O) groups excluding carboxylic acids is 1. The number of nitrogens with zero attached hydrogens (tertiary/aromatic N) is 2. The monoisotopic (exact) mass is 414 g/mol. The van der Waals surface area contributed by atoms with Gasteiger partial charge in [0.1, 0.15) is 5.82 Å². The van der Waals surface area contributed by atoms with E-state index in [0.29, 0.717) is 28.4 Å². The summed E-state index contributed by atoms with van der Waals surface area (Å²) in [6.07, 6.45) is 2.79. The van der Waals surface area contributed by atoms with Crippen LogP contribution >= 0.6 is 0 Å². The lowest BCUT2D eigenvalue weighted by Gasteiger charge is -2.12. The van der Waals surface area contributed by atoms with Gasteiger partial charge in [0.05, 0.1) is 21.3 Å². The molecule has 0 radical (unpaired) electrons. The molecule has 0 unspecified atom stereocenters. The largest absolute Gasteiger partial charge is 0.493 e. The Morgan fingerprint density at radius 1 is 1.07 bits per heavy atom. The average Bonchev–Trinajstić information content (AvgIpc) is 3.24. The second kappa shape index (κ2) is 9.55. The molecule has 0 aliphatic carbocycles. The Hall–Kier alpha value is -3.88. The minimum atomic E-state index is -0.606. The molecule has 0 N–H and O–H groups in total. The smallest absolute Gasteiger partial charge is 0.331 e. The number of benzene rings is 2. The van der Waals surface area contributed by atoms with E-state index in [1.165, 1.54) is 51.7 Å². The normalized spacial score (nSPS) is 10.8. The van der Waals surface area contributed by atoms with Crippen LogP contribution in [0.15, 0.2) is 47.0 Å². The quantitative estimate of drug-likeness (QED) is 0.407. The van der Waals surface area contributed by atoms with Crippen LogP contribution in [0.1, 0.15) is 11.5 Å². The summed E-state index contributed by atoms with van der Waals surface area (Å²) in [7, 11) is 4.51. The summed E-state index contributed by atoms with van der Waals surface area (Å²) in [4.78, 5) is 16.1. The Morgan fingerprint density at radius 3 is 2.33 bits per heavy atom. The van der Waals surface area contributed by atoms with Crippen molar-refractivity contribution in [2.24, 2.45) is 0 Å². The summed E-state index contributed by atoms with van der Waals surface area (Å²) >= 11 is 0. The summed E-state index contributed by atoms with van der Waals surface area (Å²) < 4.78 is 38.9. The van der Waals surface area contributed by atoms with Crippen LogP contribution in [0.25, 0.3) is 17.5 Å². The molecule has 3 rings (SSSR count). The highest BCUT2D eigenvalue weighted by atomic mass is 19.1. The molecule has 1 aromatic heterocycles. The fourth-order valence-corrected chi connectivity index (χ4v) is 2.57. The van der Waals surface area contributed by atoms with Gasteiger partial charge >= 0.3 is 5.97 Å². The van der Waals surface area contributed by atoms with Gasteiger partial charge in [-0.2, -0.15) is 4.98 Å². The van der Waals surface area contributed by atoms with Crippen LogP contribution in [0.4, 0.5) is 4.39 Å². The highest BCUT2D eigenvalue weighted by Gasteiger charge is 2.13. The maximum Gasteiger partial charge on any atom is 0.331 e. The van der Waals surface area contributed by atoms with Crippen molar-refractivity contribution in [2.45, 2.75) is 6.61 Å².